The van der Waals surface area contributed by atoms with Gasteiger partial charge in [0.15, 0.2) is 22.9 Å². The van der Waals surface area contributed by atoms with Crippen LogP contribution in [0, 0.1) is 11.6 Å². The number of aryl methyl sites for hydroxylation is 1. The summed E-state index contributed by atoms with van der Waals surface area (Å²) in [5, 5.41) is 7.09. The predicted molar refractivity (Wildman–Crippen MR) is 153 cm³/mol. The first-order chi connectivity index (χ1) is 20.7. The second kappa shape index (κ2) is 10.1. The molecule has 43 heavy (non-hydrogen) atoms. The lowest BCUT2D eigenvalue weighted by Crippen LogP contribution is -2.48. The molecule has 3 aromatic carbocycles. The summed E-state index contributed by atoms with van der Waals surface area (Å²) in [5.74, 6) is -3.79. The molecule has 1 amide bonds. The van der Waals surface area contributed by atoms with E-state index in [1.165, 1.54) is 18.3 Å². The molecule has 1 fully saturated rings. The number of ether oxygens (including phenoxy) is 3. The third-order valence-corrected chi connectivity index (χ3v) is 8.67. The number of hydrogen-bond acceptors (Lipinski definition) is 7. The summed E-state index contributed by atoms with van der Waals surface area (Å²) in [7, 11) is 0. The summed E-state index contributed by atoms with van der Waals surface area (Å²) in [5.41, 5.74) is 4.69. The van der Waals surface area contributed by atoms with E-state index in [4.69, 9.17) is 31.5 Å². The lowest BCUT2D eigenvalue weighted by molar-refractivity contribution is 0.0539. The van der Waals surface area contributed by atoms with Crippen molar-refractivity contribution < 1.29 is 27.8 Å². The molecule has 0 radical (unpaired) electrons. The van der Waals surface area contributed by atoms with E-state index in [1.807, 2.05) is 30.3 Å². The van der Waals surface area contributed by atoms with Crippen LogP contribution in [0.25, 0.3) is 11.1 Å². The maximum atomic E-state index is 16.6. The van der Waals surface area contributed by atoms with Gasteiger partial charge in [0.1, 0.15) is 11.6 Å². The molecule has 3 aliphatic rings. The Morgan fingerprint density at radius 1 is 1.14 bits per heavy atom. The molecule has 0 unspecified atom stereocenters. The standard InChI is InChI=1S/C31H25ClF2N4O5/c1-2-38-30(40)28-21(14-37-38)42-27-20(41-28)11-16(29(35)39)24(26(27)34)23-17-13-31(22-9-6-10-36-22,15-7-4-3-5-8-15)43-19(17)12-18(33)25(23)32/h3-5,7-8,11-12,14,22,36H,2,6,9-10,13H2,1H3,(H2,35,39)/t22-,31-/m0/s1. The molecule has 0 saturated carbocycles. The van der Waals surface area contributed by atoms with Crippen molar-refractivity contribution in [2.75, 3.05) is 6.54 Å². The van der Waals surface area contributed by atoms with E-state index >= 15 is 8.78 Å². The molecular formula is C31H25ClF2N4O5. The highest BCUT2D eigenvalue weighted by molar-refractivity contribution is 6.34. The van der Waals surface area contributed by atoms with Crippen molar-refractivity contribution in [3.8, 4) is 39.9 Å². The van der Waals surface area contributed by atoms with Gasteiger partial charge in [-0.05, 0) is 37.9 Å². The average Bonchev–Trinajstić information content (AvgIpc) is 3.68. The average molecular weight is 607 g/mol. The zero-order chi connectivity index (χ0) is 30.0. The smallest absolute Gasteiger partial charge is 0.313 e. The molecule has 4 heterocycles. The molecule has 2 atom stereocenters. The van der Waals surface area contributed by atoms with Gasteiger partial charge in [-0.3, -0.25) is 9.59 Å². The number of primary amides is 1. The maximum absolute atomic E-state index is 16.6. The van der Waals surface area contributed by atoms with Gasteiger partial charge in [-0.1, -0.05) is 41.9 Å². The Morgan fingerprint density at radius 2 is 1.91 bits per heavy atom. The number of benzene rings is 3. The lowest BCUT2D eigenvalue weighted by Gasteiger charge is -2.35. The number of carbonyl (C=O) groups is 1. The van der Waals surface area contributed by atoms with Crippen molar-refractivity contribution in [3.05, 3.63) is 92.4 Å². The molecule has 1 saturated heterocycles. The molecule has 220 valence electrons. The fourth-order valence-corrected chi connectivity index (χ4v) is 6.57. The highest BCUT2D eigenvalue weighted by atomic mass is 35.5. The molecule has 4 aromatic rings. The minimum absolute atomic E-state index is 0.0736. The van der Waals surface area contributed by atoms with Crippen molar-refractivity contribution in [2.45, 2.75) is 44.4 Å². The van der Waals surface area contributed by atoms with Crippen molar-refractivity contribution in [1.29, 1.82) is 0 Å². The number of rotatable bonds is 5. The highest BCUT2D eigenvalue weighted by Gasteiger charge is 2.50. The van der Waals surface area contributed by atoms with Crippen LogP contribution in [0.2, 0.25) is 5.02 Å². The minimum Gasteiger partial charge on any atom is -0.480 e. The van der Waals surface area contributed by atoms with Gasteiger partial charge < -0.3 is 25.3 Å². The molecule has 9 nitrogen and oxygen atoms in total. The Balaban J connectivity index is 1.44. The fourth-order valence-electron chi connectivity index (χ4n) is 6.31. The predicted octanol–water partition coefficient (Wildman–Crippen LogP) is 5.44. The quantitative estimate of drug-likeness (QED) is 0.273. The molecule has 0 aliphatic carbocycles. The van der Waals surface area contributed by atoms with Crippen LogP contribution < -0.4 is 30.8 Å². The second-order valence-electron chi connectivity index (χ2n) is 10.7. The van der Waals surface area contributed by atoms with Gasteiger partial charge in [0.25, 0.3) is 0 Å². The lowest BCUT2D eigenvalue weighted by atomic mass is 9.80. The SMILES string of the molecule is CCn1ncc2c(c1=O)Oc1cc(C(N)=O)c(-c3c(Cl)c(F)cc4c3C[C@](c3ccccc3)([C@@H]3CCCN3)O4)c(F)c1O2. The van der Waals surface area contributed by atoms with Gasteiger partial charge in [0, 0.05) is 35.7 Å². The molecule has 12 heteroatoms. The first kappa shape index (κ1) is 27.4. The van der Waals surface area contributed by atoms with Crippen LogP contribution in [-0.4, -0.2) is 28.3 Å². The van der Waals surface area contributed by atoms with Gasteiger partial charge >= 0.3 is 5.56 Å². The summed E-state index contributed by atoms with van der Waals surface area (Å²) in [6.45, 7) is 2.76. The number of fused-ring (bicyclic) bond motifs is 3. The first-order valence-electron chi connectivity index (χ1n) is 13.8. The third-order valence-electron chi connectivity index (χ3n) is 8.30. The zero-order valence-electron chi connectivity index (χ0n) is 22.9. The molecule has 0 bridgehead atoms. The Bertz CT molecular complexity index is 1880. The third kappa shape index (κ3) is 4.09. The van der Waals surface area contributed by atoms with Crippen LogP contribution in [-0.2, 0) is 18.6 Å². The summed E-state index contributed by atoms with van der Waals surface area (Å²) >= 11 is 6.59. The Hall–Kier alpha value is -4.48. The normalized spacial score (nSPS) is 20.0. The number of nitrogens with one attached hydrogen (secondary N) is 1. The van der Waals surface area contributed by atoms with Crippen LogP contribution in [0.4, 0.5) is 8.78 Å². The van der Waals surface area contributed by atoms with Crippen LogP contribution in [0.5, 0.6) is 28.7 Å². The number of nitrogens with zero attached hydrogens (tertiary/aromatic N) is 2. The van der Waals surface area contributed by atoms with E-state index in [1.54, 1.807) is 6.92 Å². The van der Waals surface area contributed by atoms with Crippen molar-refractivity contribution in [3.63, 3.8) is 0 Å². The number of carbonyl (C=O) groups excluding carboxylic acids is 1. The topological polar surface area (TPSA) is 118 Å². The Kier molecular flexibility index (Phi) is 6.40. The van der Waals surface area contributed by atoms with E-state index in [-0.39, 0.29) is 58.7 Å². The van der Waals surface area contributed by atoms with Gasteiger partial charge in [-0.15, -0.1) is 0 Å². The monoisotopic (exact) mass is 606 g/mol. The Labute approximate surface area is 249 Å². The van der Waals surface area contributed by atoms with E-state index in [0.29, 0.717) is 5.56 Å². The van der Waals surface area contributed by atoms with Crippen LogP contribution >= 0.6 is 11.6 Å². The summed E-state index contributed by atoms with van der Waals surface area (Å²) in [4.78, 5) is 25.6. The second-order valence-corrected chi connectivity index (χ2v) is 11.1. The van der Waals surface area contributed by atoms with E-state index < -0.39 is 39.5 Å². The number of amides is 1. The number of aromatic nitrogens is 2. The molecule has 7 rings (SSSR count). The number of hydrogen-bond donors (Lipinski definition) is 2. The fraction of sp³-hybridized carbons (Fsp3) is 0.258. The molecule has 1 aromatic heterocycles. The van der Waals surface area contributed by atoms with Gasteiger partial charge in [0.05, 0.1) is 22.8 Å². The van der Waals surface area contributed by atoms with Crippen molar-refractivity contribution in [1.82, 2.24) is 15.1 Å². The van der Waals surface area contributed by atoms with E-state index in [0.717, 1.165) is 29.6 Å². The van der Waals surface area contributed by atoms with Crippen molar-refractivity contribution >= 4 is 17.5 Å². The molecule has 3 aliphatic heterocycles. The maximum Gasteiger partial charge on any atom is 0.313 e. The molecule has 0 spiro atoms. The molecule has 3 N–H and O–H groups in total. The molecular weight excluding hydrogens is 582 g/mol. The van der Waals surface area contributed by atoms with Gasteiger partial charge in [-0.25, -0.2) is 13.5 Å². The summed E-state index contributed by atoms with van der Waals surface area (Å²) < 4.78 is 51.4. The van der Waals surface area contributed by atoms with Crippen molar-refractivity contribution in [2.24, 2.45) is 5.73 Å². The zero-order valence-corrected chi connectivity index (χ0v) is 23.6. The first-order valence-corrected chi connectivity index (χ1v) is 14.2. The van der Waals surface area contributed by atoms with E-state index in [9.17, 15) is 9.59 Å². The van der Waals surface area contributed by atoms with Gasteiger partial charge in [-0.2, -0.15) is 5.10 Å². The van der Waals surface area contributed by atoms with Crippen LogP contribution in [0.3, 0.4) is 0 Å². The summed E-state index contributed by atoms with van der Waals surface area (Å²) in [6.07, 6.45) is 3.15. The number of halogens is 3. The largest absolute Gasteiger partial charge is 0.480 e. The Morgan fingerprint density at radius 3 is 2.60 bits per heavy atom. The highest BCUT2D eigenvalue weighted by Crippen LogP contribution is 2.54. The number of nitrogens with two attached hydrogens (primary N) is 1. The van der Waals surface area contributed by atoms with Crippen LogP contribution in [0.1, 0.15) is 41.3 Å². The van der Waals surface area contributed by atoms with E-state index in [2.05, 4.69) is 10.4 Å². The summed E-state index contributed by atoms with van der Waals surface area (Å²) in [6, 6.07) is 11.7. The van der Waals surface area contributed by atoms with Gasteiger partial charge in [0.2, 0.25) is 17.4 Å². The van der Waals surface area contributed by atoms with Crippen LogP contribution in [0.15, 0.2) is 53.5 Å². The minimum atomic E-state index is -1.07.